The van der Waals surface area contributed by atoms with E-state index in [1.165, 1.54) is 0 Å². The van der Waals surface area contributed by atoms with E-state index < -0.39 is 12.2 Å². The number of hydrogen-bond donors (Lipinski definition) is 2. The van der Waals surface area contributed by atoms with Gasteiger partial charge in [-0.1, -0.05) is 32.3 Å². The molecule has 0 aromatic heterocycles. The Morgan fingerprint density at radius 2 is 1.69 bits per heavy atom. The molecule has 0 aliphatic heterocycles. The van der Waals surface area contributed by atoms with Crippen LogP contribution in [0.25, 0.3) is 0 Å². The van der Waals surface area contributed by atoms with Crippen LogP contribution >= 0.6 is 0 Å². The summed E-state index contributed by atoms with van der Waals surface area (Å²) in [4.78, 5) is 0. The summed E-state index contributed by atoms with van der Waals surface area (Å²) in [5.74, 6) is 0.203. The predicted octanol–water partition coefficient (Wildman–Crippen LogP) is 2.11. The Morgan fingerprint density at radius 1 is 1.23 bits per heavy atom. The van der Waals surface area contributed by atoms with Crippen LogP contribution in [-0.4, -0.2) is 22.4 Å². The largest absolute Gasteiger partial charge is 0.390 e. The van der Waals surface area contributed by atoms with Crippen LogP contribution in [0, 0.1) is 5.92 Å². The number of aliphatic hydroxyl groups is 2. The van der Waals surface area contributed by atoms with Gasteiger partial charge in [-0.3, -0.25) is 0 Å². The zero-order valence-electron chi connectivity index (χ0n) is 8.95. The highest BCUT2D eigenvalue weighted by Gasteiger charge is 2.23. The van der Waals surface area contributed by atoms with Gasteiger partial charge in [0.05, 0.1) is 12.2 Å². The highest BCUT2D eigenvalue weighted by Crippen LogP contribution is 2.19. The van der Waals surface area contributed by atoms with Crippen molar-refractivity contribution in [2.75, 3.05) is 0 Å². The Balaban J connectivity index is 4.05. The maximum atomic E-state index is 9.74. The topological polar surface area (TPSA) is 40.5 Å². The lowest BCUT2D eigenvalue weighted by atomic mass is 9.90. The van der Waals surface area contributed by atoms with Crippen molar-refractivity contribution in [3.8, 4) is 0 Å². The van der Waals surface area contributed by atoms with Crippen LogP contribution in [0.4, 0.5) is 0 Å². The first-order valence-electron chi connectivity index (χ1n) is 5.03. The van der Waals surface area contributed by atoms with Gasteiger partial charge in [-0.25, -0.2) is 0 Å². The molecule has 0 fully saturated rings. The summed E-state index contributed by atoms with van der Waals surface area (Å²) in [6, 6.07) is 0. The van der Waals surface area contributed by atoms with Gasteiger partial charge in [-0.05, 0) is 19.3 Å². The van der Waals surface area contributed by atoms with E-state index in [2.05, 4.69) is 6.58 Å². The lowest BCUT2D eigenvalue weighted by molar-refractivity contribution is -0.0186. The minimum absolute atomic E-state index is 0.203. The molecule has 13 heavy (non-hydrogen) atoms. The van der Waals surface area contributed by atoms with Gasteiger partial charge in [0, 0.05) is 0 Å². The third-order valence-electron chi connectivity index (χ3n) is 2.48. The molecule has 2 heteroatoms. The average Bonchev–Trinajstić information content (AvgIpc) is 2.05. The molecule has 0 spiro atoms. The summed E-state index contributed by atoms with van der Waals surface area (Å²) >= 11 is 0. The van der Waals surface area contributed by atoms with E-state index >= 15 is 0 Å². The normalized spacial score (nSPS) is 15.8. The van der Waals surface area contributed by atoms with Crippen LogP contribution in [0.1, 0.15) is 40.0 Å². The Hall–Kier alpha value is -0.340. The van der Waals surface area contributed by atoms with Crippen molar-refractivity contribution in [3.05, 3.63) is 12.2 Å². The quantitative estimate of drug-likeness (QED) is 0.624. The van der Waals surface area contributed by atoms with Gasteiger partial charge in [-0.2, -0.15) is 0 Å². The molecule has 0 aromatic rings. The van der Waals surface area contributed by atoms with Crippen LogP contribution < -0.4 is 0 Å². The molecule has 0 saturated carbocycles. The lowest BCUT2D eigenvalue weighted by Gasteiger charge is -2.25. The highest BCUT2D eigenvalue weighted by molar-refractivity contribution is 4.93. The SMILES string of the molecule is C=C(C)CC(O)C(O)C(CC)CC. The van der Waals surface area contributed by atoms with E-state index in [4.69, 9.17) is 0 Å². The van der Waals surface area contributed by atoms with Crippen molar-refractivity contribution in [1.29, 1.82) is 0 Å². The van der Waals surface area contributed by atoms with Gasteiger partial charge in [-0.15, -0.1) is 6.58 Å². The Morgan fingerprint density at radius 3 is 2.00 bits per heavy atom. The molecule has 0 rings (SSSR count). The summed E-state index contributed by atoms with van der Waals surface area (Å²) in [5.41, 5.74) is 0.914. The molecule has 0 radical (unpaired) electrons. The molecule has 2 atom stereocenters. The third-order valence-corrected chi connectivity index (χ3v) is 2.48. The second-order valence-corrected chi connectivity index (χ2v) is 3.80. The Bertz CT molecular complexity index is 150. The van der Waals surface area contributed by atoms with E-state index in [0.717, 1.165) is 18.4 Å². The average molecular weight is 186 g/mol. The molecule has 0 saturated heterocycles. The van der Waals surface area contributed by atoms with Crippen molar-refractivity contribution in [1.82, 2.24) is 0 Å². The minimum Gasteiger partial charge on any atom is -0.390 e. The summed E-state index contributed by atoms with van der Waals surface area (Å²) in [7, 11) is 0. The molecule has 2 nitrogen and oxygen atoms in total. The number of hydrogen-bond acceptors (Lipinski definition) is 2. The second-order valence-electron chi connectivity index (χ2n) is 3.80. The number of aliphatic hydroxyl groups excluding tert-OH is 2. The maximum absolute atomic E-state index is 9.74. The highest BCUT2D eigenvalue weighted by atomic mass is 16.3. The first kappa shape index (κ1) is 12.7. The van der Waals surface area contributed by atoms with Crippen LogP contribution in [0.15, 0.2) is 12.2 Å². The fourth-order valence-corrected chi connectivity index (χ4v) is 1.56. The fraction of sp³-hybridized carbons (Fsp3) is 0.818. The lowest BCUT2D eigenvalue weighted by Crippen LogP contribution is -2.33. The van der Waals surface area contributed by atoms with Crippen LogP contribution in [0.3, 0.4) is 0 Å². The van der Waals surface area contributed by atoms with Gasteiger partial charge in [0.2, 0.25) is 0 Å². The Labute approximate surface area is 81.3 Å². The van der Waals surface area contributed by atoms with Crippen molar-refractivity contribution in [2.45, 2.75) is 52.2 Å². The first-order valence-corrected chi connectivity index (χ1v) is 5.03. The van der Waals surface area contributed by atoms with Crippen molar-refractivity contribution >= 4 is 0 Å². The van der Waals surface area contributed by atoms with E-state index in [1.807, 2.05) is 20.8 Å². The molecule has 0 bridgehead atoms. The van der Waals surface area contributed by atoms with E-state index in [9.17, 15) is 10.2 Å². The molecule has 0 aliphatic carbocycles. The van der Waals surface area contributed by atoms with Gasteiger partial charge >= 0.3 is 0 Å². The molecule has 0 aromatic carbocycles. The molecule has 2 N–H and O–H groups in total. The number of rotatable bonds is 6. The van der Waals surface area contributed by atoms with E-state index in [-0.39, 0.29) is 5.92 Å². The fourth-order valence-electron chi connectivity index (χ4n) is 1.56. The summed E-state index contributed by atoms with van der Waals surface area (Å²) in [6.07, 6.45) is 1.06. The monoisotopic (exact) mass is 186 g/mol. The van der Waals surface area contributed by atoms with Crippen LogP contribution in [-0.2, 0) is 0 Å². The van der Waals surface area contributed by atoms with E-state index in [0.29, 0.717) is 6.42 Å². The molecule has 2 unspecified atom stereocenters. The van der Waals surface area contributed by atoms with Crippen LogP contribution in [0.5, 0.6) is 0 Å². The van der Waals surface area contributed by atoms with E-state index in [1.54, 1.807) is 0 Å². The summed E-state index contributed by atoms with van der Waals surface area (Å²) in [5, 5.41) is 19.3. The van der Waals surface area contributed by atoms with Gasteiger partial charge < -0.3 is 10.2 Å². The molecule has 0 aliphatic rings. The standard InChI is InChI=1S/C11H22O2/c1-5-9(6-2)11(13)10(12)7-8(3)4/h9-13H,3,5-7H2,1-2,4H3. The van der Waals surface area contributed by atoms with Crippen molar-refractivity contribution < 1.29 is 10.2 Å². The van der Waals surface area contributed by atoms with Gasteiger partial charge in [0.25, 0.3) is 0 Å². The maximum Gasteiger partial charge on any atom is 0.0838 e. The third kappa shape index (κ3) is 4.44. The molecule has 0 heterocycles. The smallest absolute Gasteiger partial charge is 0.0838 e. The predicted molar refractivity (Wildman–Crippen MR) is 55.5 cm³/mol. The molecular weight excluding hydrogens is 164 g/mol. The first-order chi connectivity index (χ1) is 6.02. The summed E-state index contributed by atoms with van der Waals surface area (Å²) in [6.45, 7) is 9.65. The Kier molecular flexibility index (Phi) is 6.00. The minimum atomic E-state index is -0.651. The van der Waals surface area contributed by atoms with Crippen molar-refractivity contribution in [2.24, 2.45) is 5.92 Å². The van der Waals surface area contributed by atoms with Gasteiger partial charge in [0.1, 0.15) is 0 Å². The summed E-state index contributed by atoms with van der Waals surface area (Å²) < 4.78 is 0. The second kappa shape index (κ2) is 6.17. The van der Waals surface area contributed by atoms with Gasteiger partial charge in [0.15, 0.2) is 0 Å². The zero-order valence-corrected chi connectivity index (χ0v) is 8.95. The van der Waals surface area contributed by atoms with Crippen molar-refractivity contribution in [3.63, 3.8) is 0 Å². The molecule has 78 valence electrons. The van der Waals surface area contributed by atoms with Crippen LogP contribution in [0.2, 0.25) is 0 Å². The molecular formula is C11H22O2. The molecule has 0 amide bonds. The zero-order chi connectivity index (χ0) is 10.4.